The van der Waals surface area contributed by atoms with E-state index in [-0.39, 0.29) is 18.2 Å². The number of halogens is 1. The molecular formula is C10H12ClNO3S. The summed E-state index contributed by atoms with van der Waals surface area (Å²) in [6, 6.07) is 4.61. The molecule has 0 radical (unpaired) electrons. The van der Waals surface area contributed by atoms with E-state index in [9.17, 15) is 10.1 Å². The van der Waals surface area contributed by atoms with Gasteiger partial charge in [-0.15, -0.1) is 11.8 Å². The molecule has 1 atom stereocenters. The molecule has 16 heavy (non-hydrogen) atoms. The molecule has 88 valence electrons. The lowest BCUT2D eigenvalue weighted by Crippen LogP contribution is -2.03. The summed E-state index contributed by atoms with van der Waals surface area (Å²) < 4.78 is 0. The maximum atomic E-state index is 10.8. The number of aliphatic hydroxyl groups excluding tert-OH is 1. The molecule has 0 aliphatic rings. The second kappa shape index (κ2) is 6.08. The molecule has 0 spiro atoms. The highest BCUT2D eigenvalue weighted by Crippen LogP contribution is 2.36. The van der Waals surface area contributed by atoms with Crippen LogP contribution in [-0.2, 0) is 0 Å². The van der Waals surface area contributed by atoms with Gasteiger partial charge in [-0.2, -0.15) is 0 Å². The van der Waals surface area contributed by atoms with Crippen LogP contribution in [0.25, 0.3) is 0 Å². The number of aliphatic hydroxyl groups is 1. The van der Waals surface area contributed by atoms with E-state index in [1.807, 2.05) is 6.92 Å². The lowest BCUT2D eigenvalue weighted by Gasteiger charge is -2.08. The Kier molecular flexibility index (Phi) is 5.05. The summed E-state index contributed by atoms with van der Waals surface area (Å²) in [7, 11) is 0. The monoisotopic (exact) mass is 261 g/mol. The zero-order chi connectivity index (χ0) is 12.1. The fourth-order valence-electron chi connectivity index (χ4n) is 1.06. The maximum absolute atomic E-state index is 10.8. The Morgan fingerprint density at radius 3 is 2.88 bits per heavy atom. The molecule has 0 bridgehead atoms. The van der Waals surface area contributed by atoms with Gasteiger partial charge in [0, 0.05) is 18.4 Å². The summed E-state index contributed by atoms with van der Waals surface area (Å²) in [4.78, 5) is 10.8. The van der Waals surface area contributed by atoms with Gasteiger partial charge in [0.05, 0.1) is 9.95 Å². The zero-order valence-corrected chi connectivity index (χ0v) is 10.3. The van der Waals surface area contributed by atoms with Crippen molar-refractivity contribution in [2.24, 2.45) is 5.92 Å². The average molecular weight is 262 g/mol. The third kappa shape index (κ3) is 3.37. The van der Waals surface area contributed by atoms with Crippen molar-refractivity contribution in [1.82, 2.24) is 0 Å². The molecule has 0 aromatic heterocycles. The highest BCUT2D eigenvalue weighted by Gasteiger charge is 2.17. The molecule has 0 saturated carbocycles. The first-order valence-corrected chi connectivity index (χ1v) is 6.09. The molecule has 0 aliphatic heterocycles. The van der Waals surface area contributed by atoms with Crippen LogP contribution in [0.5, 0.6) is 0 Å². The number of hydrogen-bond donors (Lipinski definition) is 1. The van der Waals surface area contributed by atoms with Crippen molar-refractivity contribution in [2.75, 3.05) is 12.4 Å². The van der Waals surface area contributed by atoms with E-state index in [0.717, 1.165) is 0 Å². The highest BCUT2D eigenvalue weighted by atomic mass is 35.5. The van der Waals surface area contributed by atoms with Gasteiger partial charge in [-0.05, 0) is 12.0 Å². The average Bonchev–Trinajstić information content (AvgIpc) is 2.26. The minimum absolute atomic E-state index is 0.0163. The van der Waals surface area contributed by atoms with Gasteiger partial charge in [-0.3, -0.25) is 10.1 Å². The summed E-state index contributed by atoms with van der Waals surface area (Å²) in [6.45, 7) is 1.93. The van der Waals surface area contributed by atoms with Crippen LogP contribution in [0.3, 0.4) is 0 Å². The summed E-state index contributed by atoms with van der Waals surface area (Å²) in [6.07, 6.45) is 0. The molecular weight excluding hydrogens is 250 g/mol. The van der Waals surface area contributed by atoms with Crippen molar-refractivity contribution in [3.63, 3.8) is 0 Å². The molecule has 1 aromatic carbocycles. The third-order valence-electron chi connectivity index (χ3n) is 1.97. The van der Waals surface area contributed by atoms with E-state index in [1.54, 1.807) is 12.1 Å². The Morgan fingerprint density at radius 2 is 2.31 bits per heavy atom. The largest absolute Gasteiger partial charge is 0.396 e. The van der Waals surface area contributed by atoms with Crippen molar-refractivity contribution < 1.29 is 10.0 Å². The molecule has 0 heterocycles. The van der Waals surface area contributed by atoms with Crippen LogP contribution in [-0.4, -0.2) is 22.4 Å². The lowest BCUT2D eigenvalue weighted by atomic mass is 10.2. The lowest BCUT2D eigenvalue weighted by molar-refractivity contribution is -0.387. The van der Waals surface area contributed by atoms with E-state index in [1.165, 1.54) is 17.8 Å². The van der Waals surface area contributed by atoms with E-state index in [4.69, 9.17) is 16.7 Å². The zero-order valence-electron chi connectivity index (χ0n) is 8.72. The fraction of sp³-hybridized carbons (Fsp3) is 0.400. The molecule has 1 aromatic rings. The molecule has 1 N–H and O–H groups in total. The van der Waals surface area contributed by atoms with Gasteiger partial charge in [0.1, 0.15) is 4.90 Å². The number of nitrogens with zero attached hydrogens (tertiary/aromatic N) is 1. The summed E-state index contributed by atoms with van der Waals surface area (Å²) in [5.74, 6) is 0.682. The third-order valence-corrected chi connectivity index (χ3v) is 3.85. The smallest absolute Gasteiger partial charge is 0.284 e. The number of nitro groups is 1. The Labute approximate surface area is 103 Å². The van der Waals surface area contributed by atoms with Crippen molar-refractivity contribution in [1.29, 1.82) is 0 Å². The van der Waals surface area contributed by atoms with E-state index < -0.39 is 4.92 Å². The second-order valence-electron chi connectivity index (χ2n) is 3.44. The van der Waals surface area contributed by atoms with Gasteiger partial charge in [0.2, 0.25) is 0 Å². The topological polar surface area (TPSA) is 63.4 Å². The van der Waals surface area contributed by atoms with Crippen LogP contribution >= 0.6 is 23.4 Å². The van der Waals surface area contributed by atoms with Crippen LogP contribution in [0.4, 0.5) is 5.69 Å². The Hall–Kier alpha value is -0.780. The molecule has 0 fully saturated rings. The molecule has 0 aliphatic carbocycles. The second-order valence-corrected chi connectivity index (χ2v) is 4.88. The van der Waals surface area contributed by atoms with E-state index in [0.29, 0.717) is 15.7 Å². The van der Waals surface area contributed by atoms with Crippen LogP contribution in [0.2, 0.25) is 5.02 Å². The minimum Gasteiger partial charge on any atom is -0.396 e. The van der Waals surface area contributed by atoms with Gasteiger partial charge in [-0.25, -0.2) is 0 Å². The number of nitro benzene ring substituents is 1. The number of benzene rings is 1. The minimum atomic E-state index is -0.447. The Bertz CT molecular complexity index is 386. The fourth-order valence-corrected chi connectivity index (χ4v) is 2.45. The Balaban J connectivity index is 2.88. The van der Waals surface area contributed by atoms with Crippen molar-refractivity contribution in [3.05, 3.63) is 33.3 Å². The summed E-state index contributed by atoms with van der Waals surface area (Å²) >= 11 is 7.21. The molecule has 1 unspecified atom stereocenters. The standard InChI is InChI=1S/C10H12ClNO3S/c1-7(5-13)6-16-10-8(11)3-2-4-9(10)12(14)15/h2-4,7,13H,5-6H2,1H3. The van der Waals surface area contributed by atoms with E-state index in [2.05, 4.69) is 0 Å². The van der Waals surface area contributed by atoms with Crippen molar-refractivity contribution in [2.45, 2.75) is 11.8 Å². The van der Waals surface area contributed by atoms with Gasteiger partial charge in [0.15, 0.2) is 0 Å². The number of thioether (sulfide) groups is 1. The summed E-state index contributed by atoms with van der Waals surface area (Å²) in [5, 5.41) is 20.0. The predicted octanol–water partition coefficient (Wildman–Crippen LogP) is 2.97. The SMILES string of the molecule is CC(CO)CSc1c(Cl)cccc1[N+](=O)[O-]. The van der Waals surface area contributed by atoms with Gasteiger partial charge in [-0.1, -0.05) is 24.6 Å². The molecule has 0 saturated heterocycles. The first-order chi connectivity index (χ1) is 7.56. The highest BCUT2D eigenvalue weighted by molar-refractivity contribution is 7.99. The van der Waals surface area contributed by atoms with Crippen molar-refractivity contribution in [3.8, 4) is 0 Å². The van der Waals surface area contributed by atoms with Gasteiger partial charge in [0.25, 0.3) is 5.69 Å². The van der Waals surface area contributed by atoms with Crippen LogP contribution in [0.1, 0.15) is 6.92 Å². The molecule has 6 heteroatoms. The first kappa shape index (κ1) is 13.3. The van der Waals surface area contributed by atoms with Gasteiger partial charge >= 0.3 is 0 Å². The molecule has 1 rings (SSSR count). The predicted molar refractivity (Wildman–Crippen MR) is 65.1 cm³/mol. The quantitative estimate of drug-likeness (QED) is 0.503. The maximum Gasteiger partial charge on any atom is 0.284 e. The normalized spacial score (nSPS) is 12.4. The first-order valence-electron chi connectivity index (χ1n) is 4.72. The number of rotatable bonds is 5. The van der Waals surface area contributed by atoms with E-state index >= 15 is 0 Å². The molecule has 0 amide bonds. The summed E-state index contributed by atoms with van der Waals surface area (Å²) in [5.41, 5.74) is 0.0163. The van der Waals surface area contributed by atoms with Crippen molar-refractivity contribution >= 4 is 29.1 Å². The van der Waals surface area contributed by atoms with Crippen LogP contribution in [0, 0.1) is 16.0 Å². The van der Waals surface area contributed by atoms with Crippen LogP contribution < -0.4 is 0 Å². The number of hydrogen-bond acceptors (Lipinski definition) is 4. The van der Waals surface area contributed by atoms with Crippen LogP contribution in [0.15, 0.2) is 23.1 Å². The Morgan fingerprint density at radius 1 is 1.62 bits per heavy atom. The van der Waals surface area contributed by atoms with Gasteiger partial charge < -0.3 is 5.11 Å². The molecule has 4 nitrogen and oxygen atoms in total.